The molecular weight excluding hydrogens is 423 g/mol. The first-order valence-corrected chi connectivity index (χ1v) is 10.4. The van der Waals surface area contributed by atoms with Gasteiger partial charge < -0.3 is 15.4 Å². The maximum absolute atomic E-state index is 12.5. The van der Waals surface area contributed by atoms with Crippen molar-refractivity contribution in [3.8, 4) is 5.75 Å². The van der Waals surface area contributed by atoms with Crippen molar-refractivity contribution >= 4 is 23.2 Å². The lowest BCUT2D eigenvalue weighted by molar-refractivity contribution is -0.274. The lowest BCUT2D eigenvalue weighted by Gasteiger charge is -2.30. The van der Waals surface area contributed by atoms with E-state index >= 15 is 0 Å². The Labute approximate surface area is 184 Å². The van der Waals surface area contributed by atoms with Gasteiger partial charge in [0.1, 0.15) is 5.75 Å². The number of carbonyl (C=O) groups is 2. The fourth-order valence-corrected chi connectivity index (χ4v) is 3.68. The number of likely N-dealkylation sites (tertiary alicyclic amines) is 1. The van der Waals surface area contributed by atoms with Crippen molar-refractivity contribution in [3.05, 3.63) is 53.6 Å². The van der Waals surface area contributed by atoms with Gasteiger partial charge in [0.25, 0.3) is 0 Å². The molecule has 2 aromatic rings. The molecule has 2 amide bonds. The number of amides is 2. The molecule has 0 spiro atoms. The summed E-state index contributed by atoms with van der Waals surface area (Å²) in [5.41, 5.74) is 3.33. The Kier molecular flexibility index (Phi) is 7.40. The first kappa shape index (κ1) is 23.6. The summed E-state index contributed by atoms with van der Waals surface area (Å²) >= 11 is 0. The first-order valence-electron chi connectivity index (χ1n) is 10.4. The normalized spacial score (nSPS) is 15.3. The van der Waals surface area contributed by atoms with Crippen LogP contribution in [0, 0.1) is 19.8 Å². The number of alkyl halides is 3. The van der Waals surface area contributed by atoms with E-state index in [0.717, 1.165) is 28.9 Å². The average Bonchev–Trinajstić information content (AvgIpc) is 2.71. The molecule has 0 saturated carbocycles. The molecule has 0 atom stereocenters. The topological polar surface area (TPSA) is 70.7 Å². The van der Waals surface area contributed by atoms with Gasteiger partial charge in [-0.05, 0) is 75.7 Å². The van der Waals surface area contributed by atoms with Crippen LogP contribution in [-0.4, -0.2) is 42.7 Å². The smallest absolute Gasteiger partial charge is 0.406 e. The molecule has 2 N–H and O–H groups in total. The summed E-state index contributed by atoms with van der Waals surface area (Å²) in [6.45, 7) is 5.41. The molecule has 0 aliphatic carbocycles. The maximum atomic E-state index is 12.5. The van der Waals surface area contributed by atoms with Crippen LogP contribution in [0.15, 0.2) is 42.5 Å². The van der Waals surface area contributed by atoms with Crippen molar-refractivity contribution in [2.45, 2.75) is 33.1 Å². The minimum absolute atomic E-state index is 0.0963. The molecule has 6 nitrogen and oxygen atoms in total. The van der Waals surface area contributed by atoms with Crippen LogP contribution in [0.25, 0.3) is 0 Å². The molecule has 1 aliphatic heterocycles. The fraction of sp³-hybridized carbons (Fsp3) is 0.391. The first-order chi connectivity index (χ1) is 15.1. The monoisotopic (exact) mass is 449 g/mol. The van der Waals surface area contributed by atoms with Gasteiger partial charge in [-0.15, -0.1) is 13.2 Å². The lowest BCUT2D eigenvalue weighted by atomic mass is 9.95. The number of nitrogens with one attached hydrogen (secondary N) is 2. The number of halogens is 3. The van der Waals surface area contributed by atoms with Crippen LogP contribution in [-0.2, 0) is 9.59 Å². The molecule has 1 saturated heterocycles. The number of rotatable bonds is 6. The number of benzene rings is 2. The Hall–Kier alpha value is -3.07. The largest absolute Gasteiger partial charge is 0.573 e. The van der Waals surface area contributed by atoms with E-state index < -0.39 is 6.36 Å². The van der Waals surface area contributed by atoms with Gasteiger partial charge in [-0.25, -0.2) is 0 Å². The summed E-state index contributed by atoms with van der Waals surface area (Å²) in [6, 6.07) is 10.9. The van der Waals surface area contributed by atoms with Crippen LogP contribution in [0.2, 0.25) is 0 Å². The lowest BCUT2D eigenvalue weighted by Crippen LogP contribution is -2.41. The minimum atomic E-state index is -4.76. The fourth-order valence-electron chi connectivity index (χ4n) is 3.68. The Balaban J connectivity index is 1.43. The third kappa shape index (κ3) is 6.98. The molecule has 32 heavy (non-hydrogen) atoms. The van der Waals surface area contributed by atoms with E-state index in [1.165, 1.54) is 12.1 Å². The molecular formula is C23H26F3N3O3. The van der Waals surface area contributed by atoms with E-state index in [1.807, 2.05) is 36.9 Å². The number of ether oxygens (including phenoxy) is 1. The summed E-state index contributed by atoms with van der Waals surface area (Å²) in [7, 11) is 0. The van der Waals surface area contributed by atoms with Crippen molar-refractivity contribution in [1.29, 1.82) is 0 Å². The Bertz CT molecular complexity index is 953. The third-order valence-electron chi connectivity index (χ3n) is 5.34. The number of anilines is 2. The Morgan fingerprint density at radius 3 is 2.28 bits per heavy atom. The van der Waals surface area contributed by atoms with Crippen molar-refractivity contribution in [2.24, 2.45) is 5.92 Å². The van der Waals surface area contributed by atoms with E-state index in [0.29, 0.717) is 31.6 Å². The Morgan fingerprint density at radius 2 is 1.69 bits per heavy atom. The second-order valence-corrected chi connectivity index (χ2v) is 7.98. The van der Waals surface area contributed by atoms with Crippen LogP contribution in [0.1, 0.15) is 24.0 Å². The average molecular weight is 449 g/mol. The zero-order valence-electron chi connectivity index (χ0n) is 18.0. The van der Waals surface area contributed by atoms with Gasteiger partial charge in [0, 0.05) is 17.3 Å². The summed E-state index contributed by atoms with van der Waals surface area (Å²) in [5, 5.41) is 5.66. The van der Waals surface area contributed by atoms with Crippen molar-refractivity contribution in [1.82, 2.24) is 4.90 Å². The van der Waals surface area contributed by atoms with Crippen molar-refractivity contribution in [3.63, 3.8) is 0 Å². The predicted molar refractivity (Wildman–Crippen MR) is 115 cm³/mol. The third-order valence-corrected chi connectivity index (χ3v) is 5.34. The zero-order chi connectivity index (χ0) is 23.3. The summed E-state index contributed by atoms with van der Waals surface area (Å²) in [6.07, 6.45) is -3.56. The van der Waals surface area contributed by atoms with Crippen LogP contribution < -0.4 is 15.4 Å². The molecule has 2 aromatic carbocycles. The van der Waals surface area contributed by atoms with Crippen molar-refractivity contribution < 1.29 is 27.5 Å². The van der Waals surface area contributed by atoms with Gasteiger partial charge in [-0.1, -0.05) is 17.7 Å². The zero-order valence-corrected chi connectivity index (χ0v) is 18.0. The van der Waals surface area contributed by atoms with E-state index in [2.05, 4.69) is 15.4 Å². The summed E-state index contributed by atoms with van der Waals surface area (Å²) in [4.78, 5) is 26.9. The second-order valence-electron chi connectivity index (χ2n) is 7.98. The highest BCUT2D eigenvalue weighted by molar-refractivity contribution is 5.93. The highest BCUT2D eigenvalue weighted by atomic mass is 19.4. The molecule has 1 aliphatic rings. The molecule has 1 fully saturated rings. The van der Waals surface area contributed by atoms with Crippen LogP contribution in [0.5, 0.6) is 5.75 Å². The standard InChI is InChI=1S/C23H26F3N3O3/c1-15-3-8-20(16(2)13-15)28-21(30)14-29-11-9-17(10-12-29)22(31)27-18-4-6-19(7-5-18)32-23(24,25)26/h3-8,13,17H,9-12,14H2,1-2H3,(H,27,31)(H,28,30). The molecule has 3 rings (SSSR count). The van der Waals surface area contributed by atoms with Gasteiger partial charge in [0.05, 0.1) is 6.54 Å². The predicted octanol–water partition coefficient (Wildman–Crippen LogP) is 4.49. The number of hydrogen-bond acceptors (Lipinski definition) is 4. The molecule has 0 bridgehead atoms. The molecule has 0 aromatic heterocycles. The van der Waals surface area contributed by atoms with Gasteiger partial charge in [0.15, 0.2) is 0 Å². The molecule has 9 heteroatoms. The van der Waals surface area contributed by atoms with E-state index in [1.54, 1.807) is 0 Å². The van der Waals surface area contributed by atoms with Gasteiger partial charge in [-0.2, -0.15) is 0 Å². The van der Waals surface area contributed by atoms with Gasteiger partial charge >= 0.3 is 6.36 Å². The van der Waals surface area contributed by atoms with Crippen molar-refractivity contribution in [2.75, 3.05) is 30.3 Å². The number of carbonyl (C=O) groups excluding carboxylic acids is 2. The second kappa shape index (κ2) is 10.0. The molecule has 172 valence electrons. The quantitative estimate of drug-likeness (QED) is 0.682. The maximum Gasteiger partial charge on any atom is 0.573 e. The van der Waals surface area contributed by atoms with Gasteiger partial charge in [0.2, 0.25) is 11.8 Å². The van der Waals surface area contributed by atoms with Crippen LogP contribution in [0.3, 0.4) is 0 Å². The van der Waals surface area contributed by atoms with Crippen LogP contribution >= 0.6 is 0 Å². The van der Waals surface area contributed by atoms with E-state index in [4.69, 9.17) is 0 Å². The molecule has 0 radical (unpaired) electrons. The Morgan fingerprint density at radius 1 is 1.03 bits per heavy atom. The van der Waals surface area contributed by atoms with Crippen LogP contribution in [0.4, 0.5) is 24.5 Å². The van der Waals surface area contributed by atoms with E-state index in [-0.39, 0.29) is 30.0 Å². The SMILES string of the molecule is Cc1ccc(NC(=O)CN2CCC(C(=O)Nc3ccc(OC(F)(F)F)cc3)CC2)c(C)c1. The highest BCUT2D eigenvalue weighted by Crippen LogP contribution is 2.25. The number of hydrogen-bond donors (Lipinski definition) is 2. The summed E-state index contributed by atoms with van der Waals surface area (Å²) in [5.74, 6) is -0.849. The highest BCUT2D eigenvalue weighted by Gasteiger charge is 2.31. The minimum Gasteiger partial charge on any atom is -0.406 e. The van der Waals surface area contributed by atoms with E-state index in [9.17, 15) is 22.8 Å². The van der Waals surface area contributed by atoms with Gasteiger partial charge in [-0.3, -0.25) is 14.5 Å². The number of nitrogens with zero attached hydrogens (tertiary/aromatic N) is 1. The number of aryl methyl sites for hydroxylation is 2. The molecule has 1 heterocycles. The molecule has 0 unspecified atom stereocenters. The number of piperidine rings is 1. The summed E-state index contributed by atoms with van der Waals surface area (Å²) < 4.78 is 40.5.